The summed E-state index contributed by atoms with van der Waals surface area (Å²) in [4.78, 5) is -0.547. The molecule has 0 atom stereocenters. The van der Waals surface area contributed by atoms with Crippen molar-refractivity contribution in [2.45, 2.75) is 30.3 Å². The fourth-order valence-corrected chi connectivity index (χ4v) is 4.24. The lowest BCUT2D eigenvalue weighted by Gasteiger charge is -2.35. The highest BCUT2D eigenvalue weighted by Crippen LogP contribution is 2.36. The summed E-state index contributed by atoms with van der Waals surface area (Å²) in [5, 5.41) is 9.89. The van der Waals surface area contributed by atoms with Crippen molar-refractivity contribution in [3.8, 4) is 0 Å². The lowest BCUT2D eigenvalue weighted by Crippen LogP contribution is -2.45. The van der Waals surface area contributed by atoms with Crippen LogP contribution in [-0.4, -0.2) is 36.5 Å². The second-order valence-electron chi connectivity index (χ2n) is 5.30. The van der Waals surface area contributed by atoms with Gasteiger partial charge in [-0.1, -0.05) is 11.6 Å². The molecule has 0 amide bonds. The molecule has 0 aromatic heterocycles. The smallest absolute Gasteiger partial charge is 0.246 e. The van der Waals surface area contributed by atoms with Crippen LogP contribution in [0.15, 0.2) is 15.4 Å². The summed E-state index contributed by atoms with van der Waals surface area (Å²) in [7, 11) is -4.04. The first-order valence-corrected chi connectivity index (χ1v) is 8.83. The van der Waals surface area contributed by atoms with Gasteiger partial charge in [-0.3, -0.25) is 0 Å². The van der Waals surface area contributed by atoms with Gasteiger partial charge in [0.25, 0.3) is 0 Å². The number of aliphatic hydroxyl groups is 1. The molecule has 1 saturated heterocycles. The van der Waals surface area contributed by atoms with E-state index in [9.17, 15) is 17.9 Å². The highest BCUT2D eigenvalue weighted by atomic mass is 79.9. The van der Waals surface area contributed by atoms with E-state index in [1.165, 1.54) is 0 Å². The van der Waals surface area contributed by atoms with Crippen LogP contribution in [0.25, 0.3) is 0 Å². The van der Waals surface area contributed by atoms with Gasteiger partial charge in [-0.15, -0.1) is 0 Å². The third kappa shape index (κ3) is 3.19. The van der Waals surface area contributed by atoms with Crippen molar-refractivity contribution in [1.82, 2.24) is 4.31 Å². The van der Waals surface area contributed by atoms with Crippen LogP contribution in [0.5, 0.6) is 0 Å². The predicted octanol–water partition coefficient (Wildman–Crippen LogP) is 2.36. The monoisotopic (exact) mass is 400 g/mol. The highest BCUT2D eigenvalue weighted by molar-refractivity contribution is 9.10. The molecule has 1 aliphatic rings. The Kier molecular flexibility index (Phi) is 4.57. The Balaban J connectivity index is 2.42. The van der Waals surface area contributed by atoms with Crippen LogP contribution in [0.4, 0.5) is 10.1 Å². The van der Waals surface area contributed by atoms with E-state index in [0.29, 0.717) is 0 Å². The summed E-state index contributed by atoms with van der Waals surface area (Å²) in [5.41, 5.74) is 4.28. The molecule has 5 nitrogen and oxygen atoms in total. The number of halogens is 3. The summed E-state index contributed by atoms with van der Waals surface area (Å²) in [5.74, 6) is -1.02. The standard InChI is InChI=1S/C12H15BrClFN2O3S/c1-12(18)2-4-17(5-3-12)21(19,20)8-6-7(14)9(13)11(16)10(8)15/h6,18H,2-5,16H2,1H3. The van der Waals surface area contributed by atoms with Gasteiger partial charge < -0.3 is 10.8 Å². The molecule has 0 unspecified atom stereocenters. The SMILES string of the molecule is CC1(O)CCN(S(=O)(=O)c2cc(Cl)c(Br)c(N)c2F)CC1. The fraction of sp³-hybridized carbons (Fsp3) is 0.500. The van der Waals surface area contributed by atoms with E-state index in [4.69, 9.17) is 17.3 Å². The van der Waals surface area contributed by atoms with Crippen LogP contribution in [0.2, 0.25) is 5.02 Å². The Morgan fingerprint density at radius 1 is 1.48 bits per heavy atom. The third-order valence-electron chi connectivity index (χ3n) is 3.57. The number of nitrogens with two attached hydrogens (primary N) is 1. The van der Waals surface area contributed by atoms with Crippen molar-refractivity contribution >= 4 is 43.2 Å². The average molecular weight is 402 g/mol. The van der Waals surface area contributed by atoms with Crippen molar-refractivity contribution in [3.05, 3.63) is 21.4 Å². The maximum Gasteiger partial charge on any atom is 0.246 e. The number of sulfonamides is 1. The van der Waals surface area contributed by atoms with Crippen LogP contribution in [0, 0.1) is 5.82 Å². The van der Waals surface area contributed by atoms with Crippen molar-refractivity contribution in [3.63, 3.8) is 0 Å². The van der Waals surface area contributed by atoms with E-state index in [0.717, 1.165) is 10.4 Å². The summed E-state index contributed by atoms with van der Waals surface area (Å²) < 4.78 is 40.5. The van der Waals surface area contributed by atoms with Gasteiger partial charge in [0.2, 0.25) is 10.0 Å². The molecule has 1 heterocycles. The molecular weight excluding hydrogens is 387 g/mol. The van der Waals surface area contributed by atoms with Crippen LogP contribution >= 0.6 is 27.5 Å². The van der Waals surface area contributed by atoms with Crippen molar-refractivity contribution in [1.29, 1.82) is 0 Å². The Hall–Kier alpha value is -0.410. The van der Waals surface area contributed by atoms with Gasteiger partial charge in [0, 0.05) is 13.1 Å². The maximum atomic E-state index is 14.2. The summed E-state index contributed by atoms with van der Waals surface area (Å²) in [6.07, 6.45) is 0.571. The molecule has 9 heteroatoms. The zero-order valence-corrected chi connectivity index (χ0v) is 14.4. The number of nitrogen functional groups attached to an aromatic ring is 1. The molecule has 0 radical (unpaired) electrons. The van der Waals surface area contributed by atoms with Gasteiger partial charge in [0.05, 0.1) is 20.8 Å². The van der Waals surface area contributed by atoms with Crippen molar-refractivity contribution in [2.75, 3.05) is 18.8 Å². The molecule has 1 aromatic carbocycles. The first-order valence-electron chi connectivity index (χ1n) is 6.22. The molecule has 21 heavy (non-hydrogen) atoms. The molecule has 3 N–H and O–H groups in total. The van der Waals surface area contributed by atoms with Crippen LogP contribution in [0.1, 0.15) is 19.8 Å². The molecule has 1 aliphatic heterocycles. The first kappa shape index (κ1) is 17.0. The largest absolute Gasteiger partial charge is 0.395 e. The molecular formula is C12H15BrClFN2O3S. The zero-order chi connectivity index (χ0) is 16.0. The van der Waals surface area contributed by atoms with E-state index in [2.05, 4.69) is 15.9 Å². The van der Waals surface area contributed by atoms with Gasteiger partial charge in [0.15, 0.2) is 5.82 Å². The fourth-order valence-electron chi connectivity index (χ4n) is 2.13. The number of piperidine rings is 1. The Labute approximate surface area is 136 Å². The Morgan fingerprint density at radius 3 is 2.52 bits per heavy atom. The number of nitrogens with zero attached hydrogens (tertiary/aromatic N) is 1. The topological polar surface area (TPSA) is 83.6 Å². The molecule has 1 fully saturated rings. The van der Waals surface area contributed by atoms with Crippen LogP contribution in [-0.2, 0) is 10.0 Å². The lowest BCUT2D eigenvalue weighted by molar-refractivity contribution is 0.0126. The second-order valence-corrected chi connectivity index (χ2v) is 8.41. The van der Waals surface area contributed by atoms with Gasteiger partial charge in [-0.05, 0) is 41.8 Å². The number of anilines is 1. The minimum atomic E-state index is -4.04. The molecule has 1 aromatic rings. The highest BCUT2D eigenvalue weighted by Gasteiger charge is 2.36. The number of hydrogen-bond donors (Lipinski definition) is 2. The van der Waals surface area contributed by atoms with Crippen molar-refractivity contribution in [2.24, 2.45) is 0 Å². The van der Waals surface area contributed by atoms with Crippen LogP contribution in [0.3, 0.4) is 0 Å². The van der Waals surface area contributed by atoms with Gasteiger partial charge in [0.1, 0.15) is 4.90 Å². The van der Waals surface area contributed by atoms with E-state index in [-0.39, 0.29) is 41.1 Å². The van der Waals surface area contributed by atoms with Gasteiger partial charge >= 0.3 is 0 Å². The molecule has 118 valence electrons. The quantitative estimate of drug-likeness (QED) is 0.588. The number of rotatable bonds is 2. The van der Waals surface area contributed by atoms with E-state index >= 15 is 0 Å². The third-order valence-corrected chi connectivity index (χ3v) is 6.85. The lowest BCUT2D eigenvalue weighted by atomic mass is 9.95. The Morgan fingerprint density at radius 2 is 2.00 bits per heavy atom. The van der Waals surface area contributed by atoms with Crippen LogP contribution < -0.4 is 5.73 Å². The maximum absolute atomic E-state index is 14.2. The second kappa shape index (κ2) is 5.66. The normalized spacial score (nSPS) is 19.7. The van der Waals surface area contributed by atoms with Gasteiger partial charge in [-0.2, -0.15) is 4.31 Å². The molecule has 0 spiro atoms. The minimum Gasteiger partial charge on any atom is -0.395 e. The Bertz CT molecular complexity index is 672. The zero-order valence-electron chi connectivity index (χ0n) is 11.2. The first-order chi connectivity index (χ1) is 9.56. The number of hydrogen-bond acceptors (Lipinski definition) is 4. The minimum absolute atomic E-state index is 0.0245. The summed E-state index contributed by atoms with van der Waals surface area (Å²) in [6.45, 7) is 1.87. The predicted molar refractivity (Wildman–Crippen MR) is 82.1 cm³/mol. The molecule has 0 saturated carbocycles. The average Bonchev–Trinajstić information content (AvgIpc) is 2.40. The number of benzene rings is 1. The molecule has 0 aliphatic carbocycles. The summed E-state index contributed by atoms with van der Waals surface area (Å²) in [6, 6.07) is 1.04. The van der Waals surface area contributed by atoms with E-state index in [1.807, 2.05) is 0 Å². The van der Waals surface area contributed by atoms with Crippen molar-refractivity contribution < 1.29 is 17.9 Å². The van der Waals surface area contributed by atoms with E-state index < -0.39 is 26.3 Å². The summed E-state index contributed by atoms with van der Waals surface area (Å²) >= 11 is 8.87. The molecule has 0 bridgehead atoms. The molecule has 2 rings (SSSR count). The van der Waals surface area contributed by atoms with E-state index in [1.54, 1.807) is 6.92 Å². The van der Waals surface area contributed by atoms with Gasteiger partial charge in [-0.25, -0.2) is 12.8 Å².